The van der Waals surface area contributed by atoms with Gasteiger partial charge >= 0.3 is 0 Å². The predicted octanol–water partition coefficient (Wildman–Crippen LogP) is 1.34. The Kier molecular flexibility index (Phi) is 9.70. The third-order valence-electron chi connectivity index (χ3n) is 2.96. The van der Waals surface area contributed by atoms with Crippen LogP contribution in [0.1, 0.15) is 17.3 Å². The number of guanidine groups is 1. The molecule has 0 aliphatic rings. The Morgan fingerprint density at radius 2 is 1.87 bits per heavy atom. The summed E-state index contributed by atoms with van der Waals surface area (Å²) in [6, 6.07) is 7.04. The van der Waals surface area contributed by atoms with E-state index in [0.717, 1.165) is 30.6 Å². The topological polar surface area (TPSA) is 74.8 Å². The van der Waals surface area contributed by atoms with E-state index >= 15 is 0 Å². The standard InChI is InChI=1S/C16H26N4O2S/c1-4-17-16(20-11-12-23-3)19-10-9-18-15(21)13-5-7-14(22-2)8-6-13/h5-8H,4,9-12H2,1-3H3,(H,18,21)(H2,17,19,20). The van der Waals surface area contributed by atoms with Gasteiger partial charge in [-0.25, -0.2) is 0 Å². The molecule has 0 spiro atoms. The number of aliphatic imine (C=N–C) groups is 1. The molecule has 0 saturated carbocycles. The van der Waals surface area contributed by atoms with Gasteiger partial charge in [-0.05, 0) is 37.4 Å². The van der Waals surface area contributed by atoms with E-state index in [9.17, 15) is 4.79 Å². The fraction of sp³-hybridized carbons (Fsp3) is 0.500. The van der Waals surface area contributed by atoms with Crippen LogP contribution in [-0.4, -0.2) is 57.2 Å². The molecule has 0 aromatic heterocycles. The number of carbonyl (C=O) groups excluding carboxylic acids is 1. The smallest absolute Gasteiger partial charge is 0.251 e. The van der Waals surface area contributed by atoms with E-state index in [1.165, 1.54) is 0 Å². The van der Waals surface area contributed by atoms with Gasteiger partial charge in [0.15, 0.2) is 5.96 Å². The zero-order valence-corrected chi connectivity index (χ0v) is 14.8. The lowest BCUT2D eigenvalue weighted by Crippen LogP contribution is -2.41. The Hall–Kier alpha value is -1.89. The fourth-order valence-corrected chi connectivity index (χ4v) is 2.07. The van der Waals surface area contributed by atoms with Crippen LogP contribution in [0.3, 0.4) is 0 Å². The molecule has 1 amide bonds. The number of rotatable bonds is 9. The van der Waals surface area contributed by atoms with E-state index < -0.39 is 0 Å². The molecular formula is C16H26N4O2S. The van der Waals surface area contributed by atoms with Crippen molar-refractivity contribution in [2.24, 2.45) is 4.99 Å². The number of thioether (sulfide) groups is 1. The van der Waals surface area contributed by atoms with Gasteiger partial charge in [0, 0.05) is 31.0 Å². The van der Waals surface area contributed by atoms with Gasteiger partial charge in [0.2, 0.25) is 0 Å². The number of hydrogen-bond acceptors (Lipinski definition) is 4. The summed E-state index contributed by atoms with van der Waals surface area (Å²) in [5.74, 6) is 2.41. The highest BCUT2D eigenvalue weighted by Gasteiger charge is 2.04. The van der Waals surface area contributed by atoms with E-state index in [2.05, 4.69) is 27.2 Å². The predicted molar refractivity (Wildman–Crippen MR) is 97.7 cm³/mol. The zero-order chi connectivity index (χ0) is 16.9. The number of amides is 1. The third-order valence-corrected chi connectivity index (χ3v) is 3.56. The van der Waals surface area contributed by atoms with E-state index in [0.29, 0.717) is 18.7 Å². The first-order valence-corrected chi connectivity index (χ1v) is 9.04. The Labute approximate surface area is 142 Å². The van der Waals surface area contributed by atoms with Crippen molar-refractivity contribution < 1.29 is 9.53 Å². The summed E-state index contributed by atoms with van der Waals surface area (Å²) in [4.78, 5) is 16.4. The maximum Gasteiger partial charge on any atom is 0.251 e. The summed E-state index contributed by atoms with van der Waals surface area (Å²) < 4.78 is 5.07. The lowest BCUT2D eigenvalue weighted by atomic mass is 10.2. The number of hydrogen-bond donors (Lipinski definition) is 3. The number of nitrogens with one attached hydrogen (secondary N) is 3. The molecule has 0 fully saturated rings. The highest BCUT2D eigenvalue weighted by Crippen LogP contribution is 2.10. The van der Waals surface area contributed by atoms with Crippen LogP contribution in [-0.2, 0) is 0 Å². The zero-order valence-electron chi connectivity index (χ0n) is 14.0. The lowest BCUT2D eigenvalue weighted by molar-refractivity contribution is 0.0954. The summed E-state index contributed by atoms with van der Waals surface area (Å²) in [6.07, 6.45) is 2.06. The molecule has 0 saturated heterocycles. The van der Waals surface area contributed by atoms with Gasteiger partial charge in [0.05, 0.1) is 13.7 Å². The number of benzene rings is 1. The SMILES string of the molecule is CCNC(=NCCSC)NCCNC(=O)c1ccc(OC)cc1. The third kappa shape index (κ3) is 7.78. The quantitative estimate of drug-likeness (QED) is 0.360. The molecule has 0 aliphatic carbocycles. The first-order chi connectivity index (χ1) is 11.2. The summed E-state index contributed by atoms with van der Waals surface area (Å²) in [7, 11) is 1.60. The van der Waals surface area contributed by atoms with Crippen molar-refractivity contribution in [2.75, 3.05) is 45.3 Å². The normalized spacial score (nSPS) is 11.0. The van der Waals surface area contributed by atoms with Gasteiger partial charge in [-0.2, -0.15) is 11.8 Å². The molecule has 1 aromatic carbocycles. The monoisotopic (exact) mass is 338 g/mol. The number of ether oxygens (including phenoxy) is 1. The minimum atomic E-state index is -0.0984. The van der Waals surface area contributed by atoms with Gasteiger partial charge < -0.3 is 20.7 Å². The molecular weight excluding hydrogens is 312 g/mol. The van der Waals surface area contributed by atoms with Crippen molar-refractivity contribution in [3.63, 3.8) is 0 Å². The van der Waals surface area contributed by atoms with Crippen LogP contribution in [0.5, 0.6) is 5.75 Å². The molecule has 1 aromatic rings. The van der Waals surface area contributed by atoms with Gasteiger partial charge in [0.1, 0.15) is 5.75 Å². The van der Waals surface area contributed by atoms with Crippen LogP contribution < -0.4 is 20.7 Å². The van der Waals surface area contributed by atoms with Crippen molar-refractivity contribution in [1.82, 2.24) is 16.0 Å². The first-order valence-electron chi connectivity index (χ1n) is 7.64. The summed E-state index contributed by atoms with van der Waals surface area (Å²) >= 11 is 1.77. The Morgan fingerprint density at radius 1 is 1.17 bits per heavy atom. The van der Waals surface area contributed by atoms with E-state index in [4.69, 9.17) is 4.74 Å². The molecule has 6 nitrogen and oxygen atoms in total. The minimum absolute atomic E-state index is 0.0984. The first kappa shape index (κ1) is 19.2. The van der Waals surface area contributed by atoms with Crippen LogP contribution in [0.15, 0.2) is 29.3 Å². The molecule has 0 aliphatic heterocycles. The second kappa shape index (κ2) is 11.6. The Bertz CT molecular complexity index is 491. The molecule has 0 heterocycles. The molecule has 0 bridgehead atoms. The van der Waals surface area contributed by atoms with E-state index in [-0.39, 0.29) is 5.91 Å². The molecule has 0 atom stereocenters. The van der Waals surface area contributed by atoms with Crippen LogP contribution in [0.25, 0.3) is 0 Å². The maximum atomic E-state index is 12.0. The van der Waals surface area contributed by atoms with Crippen LogP contribution in [0, 0.1) is 0 Å². The molecule has 128 valence electrons. The van der Waals surface area contributed by atoms with Crippen molar-refractivity contribution in [1.29, 1.82) is 0 Å². The van der Waals surface area contributed by atoms with Crippen molar-refractivity contribution in [3.05, 3.63) is 29.8 Å². The largest absolute Gasteiger partial charge is 0.497 e. The van der Waals surface area contributed by atoms with E-state index in [1.807, 2.05) is 6.92 Å². The fourth-order valence-electron chi connectivity index (χ4n) is 1.79. The average Bonchev–Trinajstić information content (AvgIpc) is 2.58. The molecule has 7 heteroatoms. The number of carbonyl (C=O) groups is 1. The summed E-state index contributed by atoms with van der Waals surface area (Å²) in [5.41, 5.74) is 0.617. The Balaban J connectivity index is 2.33. The molecule has 0 unspecified atom stereocenters. The molecule has 23 heavy (non-hydrogen) atoms. The molecule has 3 N–H and O–H groups in total. The summed E-state index contributed by atoms with van der Waals surface area (Å²) in [6.45, 7) is 4.75. The summed E-state index contributed by atoms with van der Waals surface area (Å²) in [5, 5.41) is 9.25. The maximum absolute atomic E-state index is 12.0. The van der Waals surface area contributed by atoms with Gasteiger partial charge in [0.25, 0.3) is 5.91 Å². The van der Waals surface area contributed by atoms with Crippen LogP contribution >= 0.6 is 11.8 Å². The molecule has 0 radical (unpaired) electrons. The highest BCUT2D eigenvalue weighted by molar-refractivity contribution is 7.98. The second-order valence-corrected chi connectivity index (χ2v) is 5.65. The van der Waals surface area contributed by atoms with Crippen molar-refractivity contribution in [3.8, 4) is 5.75 Å². The number of nitrogens with zero attached hydrogens (tertiary/aromatic N) is 1. The van der Waals surface area contributed by atoms with Crippen molar-refractivity contribution >= 4 is 23.6 Å². The second-order valence-electron chi connectivity index (χ2n) is 4.66. The number of methoxy groups -OCH3 is 1. The minimum Gasteiger partial charge on any atom is -0.497 e. The van der Waals surface area contributed by atoms with E-state index in [1.54, 1.807) is 43.1 Å². The lowest BCUT2D eigenvalue weighted by Gasteiger charge is -2.12. The highest BCUT2D eigenvalue weighted by atomic mass is 32.2. The van der Waals surface area contributed by atoms with Crippen LogP contribution in [0.2, 0.25) is 0 Å². The average molecular weight is 338 g/mol. The van der Waals surface area contributed by atoms with Gasteiger partial charge in [-0.1, -0.05) is 0 Å². The Morgan fingerprint density at radius 3 is 2.48 bits per heavy atom. The van der Waals surface area contributed by atoms with Crippen molar-refractivity contribution in [2.45, 2.75) is 6.92 Å². The van der Waals surface area contributed by atoms with Gasteiger partial charge in [-0.3, -0.25) is 9.79 Å². The van der Waals surface area contributed by atoms with Crippen LogP contribution in [0.4, 0.5) is 0 Å². The van der Waals surface area contributed by atoms with Gasteiger partial charge in [-0.15, -0.1) is 0 Å². The molecule has 1 rings (SSSR count).